The van der Waals surface area contributed by atoms with E-state index in [0.29, 0.717) is 0 Å². The van der Waals surface area contributed by atoms with Crippen LogP contribution in [0.15, 0.2) is 12.7 Å². The van der Waals surface area contributed by atoms with Gasteiger partial charge >= 0.3 is 25.9 Å². The molecule has 0 heterocycles. The van der Waals surface area contributed by atoms with Crippen LogP contribution in [0.5, 0.6) is 0 Å². The zero-order chi connectivity index (χ0) is 32.4. The van der Waals surface area contributed by atoms with Crippen molar-refractivity contribution in [3.05, 3.63) is 12.7 Å². The van der Waals surface area contributed by atoms with Gasteiger partial charge in [0, 0.05) is 41.6 Å². The molecule has 0 aliphatic rings. The van der Waals surface area contributed by atoms with Gasteiger partial charge in [-0.25, -0.2) is 0 Å². The first kappa shape index (κ1) is 46.3. The standard InChI is InChI=1S/C13H31ClO2Si2.C11H24O3Si.C4H14O2Si2/c1-15-18(5,16-2)13-11-9-7-6-8-10-12-17(3,4)14;1-5-6-7-8-9-10-11-15(12-2,13-3)14-4;1-7(2)6-8(3,4)5/h6-13H2,1-5H3;5H,1,6-11H2,2-4H3;5,7H,1-4H3. The average Bonchev–Trinajstić information content (AvgIpc) is 2.89. The van der Waals surface area contributed by atoms with Gasteiger partial charge in [-0.2, -0.15) is 11.1 Å². The third-order valence-electron chi connectivity index (χ3n) is 6.61. The molecule has 1 N–H and O–H groups in total. The summed E-state index contributed by atoms with van der Waals surface area (Å²) in [6.07, 6.45) is 15.7. The number of hydrogen-bond donors (Lipinski definition) is 1. The van der Waals surface area contributed by atoms with Crippen LogP contribution in [0.25, 0.3) is 0 Å². The molecule has 0 radical (unpaired) electrons. The highest BCUT2D eigenvalue weighted by molar-refractivity contribution is 7.19. The molecule has 0 unspecified atom stereocenters. The monoisotopic (exact) mass is 692 g/mol. The van der Waals surface area contributed by atoms with E-state index in [-0.39, 0.29) is 0 Å². The molecule has 41 heavy (non-hydrogen) atoms. The second-order valence-corrected chi connectivity index (χ2v) is 31.6. The fourth-order valence-corrected chi connectivity index (χ4v) is 13.5. The Balaban J connectivity index is -0.000000566. The lowest BCUT2D eigenvalue weighted by Gasteiger charge is -2.24. The molecule has 0 aromatic rings. The first-order valence-corrected chi connectivity index (χ1v) is 29.8. The van der Waals surface area contributed by atoms with E-state index in [9.17, 15) is 0 Å². The second kappa shape index (κ2) is 27.2. The summed E-state index contributed by atoms with van der Waals surface area (Å²) in [5.41, 5.74) is 0. The summed E-state index contributed by atoms with van der Waals surface area (Å²) in [5.74, 6) is 0. The molecular weight excluding hydrogens is 624 g/mol. The molecule has 13 heteroatoms. The molecule has 0 aliphatic heterocycles. The molecule has 0 aromatic carbocycles. The predicted molar refractivity (Wildman–Crippen MR) is 191 cm³/mol. The van der Waals surface area contributed by atoms with Gasteiger partial charge in [0.2, 0.25) is 0 Å². The quantitative estimate of drug-likeness (QED) is 0.0496. The van der Waals surface area contributed by atoms with Crippen molar-refractivity contribution in [3.63, 3.8) is 0 Å². The van der Waals surface area contributed by atoms with Gasteiger partial charge in [-0.05, 0) is 64.1 Å². The molecule has 250 valence electrons. The molecular formula is C28H69ClO7Si5. The summed E-state index contributed by atoms with van der Waals surface area (Å²) in [7, 11) is -0.0469. The van der Waals surface area contributed by atoms with Gasteiger partial charge in [0.15, 0.2) is 9.04 Å². The van der Waals surface area contributed by atoms with Crippen LogP contribution in [-0.4, -0.2) is 82.7 Å². The largest absolute Gasteiger partial charge is 0.500 e. The smallest absolute Gasteiger partial charge is 0.439 e. The minimum atomic E-state index is -2.31. The number of halogens is 1. The van der Waals surface area contributed by atoms with Gasteiger partial charge in [-0.3, -0.25) is 0 Å². The summed E-state index contributed by atoms with van der Waals surface area (Å²) in [4.78, 5) is 9.14. The summed E-state index contributed by atoms with van der Waals surface area (Å²) in [5, 5.41) is 0. The minimum Gasteiger partial charge on any atom is -0.439 e. The van der Waals surface area contributed by atoms with Crippen LogP contribution in [0.4, 0.5) is 0 Å². The van der Waals surface area contributed by atoms with Crippen molar-refractivity contribution < 1.29 is 31.0 Å². The van der Waals surface area contributed by atoms with E-state index >= 15 is 0 Å². The maximum Gasteiger partial charge on any atom is 0.500 e. The fraction of sp³-hybridized carbons (Fsp3) is 0.929. The van der Waals surface area contributed by atoms with Crippen molar-refractivity contribution in [2.24, 2.45) is 0 Å². The maximum atomic E-state index is 9.14. The Morgan fingerprint density at radius 2 is 1.02 bits per heavy atom. The number of hydrogen-bond acceptors (Lipinski definition) is 7. The Bertz CT molecular complexity index is 575. The molecule has 0 amide bonds. The Morgan fingerprint density at radius 1 is 0.634 bits per heavy atom. The zero-order valence-electron chi connectivity index (χ0n) is 29.0. The Labute approximate surface area is 266 Å². The maximum absolute atomic E-state index is 9.14. The first-order chi connectivity index (χ1) is 19.0. The van der Waals surface area contributed by atoms with Crippen molar-refractivity contribution in [2.75, 3.05) is 35.5 Å². The third kappa shape index (κ3) is 33.6. The van der Waals surface area contributed by atoms with Crippen LogP contribution in [0, 0.1) is 0 Å². The van der Waals surface area contributed by atoms with E-state index in [1.807, 2.05) is 6.08 Å². The lowest BCUT2D eigenvalue weighted by atomic mass is 10.1. The van der Waals surface area contributed by atoms with Crippen LogP contribution < -0.4 is 0 Å². The van der Waals surface area contributed by atoms with Crippen LogP contribution in [-0.2, 0) is 26.2 Å². The Hall–Kier alpha value is 0.834. The highest BCUT2D eigenvalue weighted by Crippen LogP contribution is 2.21. The van der Waals surface area contributed by atoms with Crippen LogP contribution in [0.3, 0.4) is 0 Å². The predicted octanol–water partition coefficient (Wildman–Crippen LogP) is 8.82. The first-order valence-electron chi connectivity index (χ1n) is 15.4. The van der Waals surface area contributed by atoms with E-state index in [0.717, 1.165) is 24.9 Å². The zero-order valence-corrected chi connectivity index (χ0v) is 34.9. The average molecular weight is 694 g/mol. The van der Waals surface area contributed by atoms with Crippen molar-refractivity contribution in [1.29, 1.82) is 0 Å². The van der Waals surface area contributed by atoms with Crippen molar-refractivity contribution in [3.8, 4) is 0 Å². The van der Waals surface area contributed by atoms with E-state index in [1.54, 1.807) is 48.6 Å². The van der Waals surface area contributed by atoms with Gasteiger partial charge in [-0.1, -0.05) is 70.5 Å². The van der Waals surface area contributed by atoms with Gasteiger partial charge < -0.3 is 31.0 Å². The summed E-state index contributed by atoms with van der Waals surface area (Å²) < 4.78 is 32.2. The molecule has 0 fully saturated rings. The normalized spacial score (nSPS) is 12.5. The molecule has 0 rings (SSSR count). The topological polar surface area (TPSA) is 75.6 Å². The lowest BCUT2D eigenvalue weighted by Crippen LogP contribution is -2.42. The Morgan fingerprint density at radius 3 is 1.34 bits per heavy atom. The summed E-state index contributed by atoms with van der Waals surface area (Å²) in [6.45, 7) is 18.0. The minimum absolute atomic E-state index is 0.907. The Kier molecular flexibility index (Phi) is 30.7. The fourth-order valence-electron chi connectivity index (χ4n) is 4.10. The third-order valence-corrected chi connectivity index (χ3v) is 18.7. The highest BCUT2D eigenvalue weighted by Gasteiger charge is 2.36. The van der Waals surface area contributed by atoms with Crippen LogP contribution in [0.1, 0.15) is 70.6 Å². The van der Waals surface area contributed by atoms with Gasteiger partial charge in [0.25, 0.3) is 0 Å². The van der Waals surface area contributed by atoms with Gasteiger partial charge in [0.05, 0.1) is 0 Å². The number of allylic oxidation sites excluding steroid dienone is 1. The molecule has 0 saturated carbocycles. The van der Waals surface area contributed by atoms with Crippen molar-refractivity contribution in [2.45, 2.75) is 135 Å². The molecule has 0 spiro atoms. The molecule has 0 saturated heterocycles. The number of rotatable bonds is 23. The van der Waals surface area contributed by atoms with Crippen LogP contribution >= 0.6 is 11.1 Å². The number of unbranched alkanes of at least 4 members (excludes halogenated alkanes) is 9. The highest BCUT2D eigenvalue weighted by atomic mass is 35.6. The summed E-state index contributed by atoms with van der Waals surface area (Å²) in [6, 6.07) is 3.28. The molecule has 7 nitrogen and oxygen atoms in total. The summed E-state index contributed by atoms with van der Waals surface area (Å²) >= 11 is 6.29. The van der Waals surface area contributed by atoms with E-state index in [1.165, 1.54) is 63.8 Å². The van der Waals surface area contributed by atoms with Gasteiger partial charge in [0.1, 0.15) is 7.38 Å². The van der Waals surface area contributed by atoms with Crippen molar-refractivity contribution in [1.82, 2.24) is 0 Å². The van der Waals surface area contributed by atoms with Crippen LogP contribution in [0.2, 0.25) is 64.0 Å². The van der Waals surface area contributed by atoms with E-state index in [2.05, 4.69) is 39.3 Å². The van der Waals surface area contributed by atoms with E-state index in [4.69, 9.17) is 42.1 Å². The second-order valence-electron chi connectivity index (χ2n) is 12.0. The molecule has 0 aliphatic carbocycles. The lowest BCUT2D eigenvalue weighted by molar-refractivity contribution is 0.122. The van der Waals surface area contributed by atoms with E-state index < -0.39 is 42.4 Å². The molecule has 0 atom stereocenters. The van der Waals surface area contributed by atoms with Gasteiger partial charge in [-0.15, -0.1) is 6.58 Å². The molecule has 0 bridgehead atoms. The SMILES string of the molecule is C=CCCCCCC[Si](OC)(OC)OC.CO[Si](C)(CCCCCCCC[Si](C)(C)Cl)OC.C[SiH](C)O[Si](C)(C)O. The molecule has 0 aromatic heterocycles. The van der Waals surface area contributed by atoms with Crippen molar-refractivity contribution >= 4 is 53.4 Å².